The minimum Gasteiger partial charge on any atom is -0.480 e. The molecule has 6 heteroatoms. The maximum absolute atomic E-state index is 13.0. The van der Waals surface area contributed by atoms with Crippen LogP contribution in [0.4, 0.5) is 0 Å². The molecule has 6 nitrogen and oxygen atoms in total. The van der Waals surface area contributed by atoms with Gasteiger partial charge in [0.15, 0.2) is 11.3 Å². The van der Waals surface area contributed by atoms with Crippen LogP contribution in [0.25, 0.3) is 5.65 Å². The van der Waals surface area contributed by atoms with E-state index >= 15 is 0 Å². The summed E-state index contributed by atoms with van der Waals surface area (Å²) in [4.78, 5) is 19.4. The van der Waals surface area contributed by atoms with E-state index < -0.39 is 0 Å². The molecule has 0 N–H and O–H groups in total. The first-order valence-corrected chi connectivity index (χ1v) is 7.91. The fourth-order valence-electron chi connectivity index (χ4n) is 2.91. The SMILES string of the molecule is CCC(CC)N(C(=O)c1cnc2ccc(OC)nn12)C1CC1. The van der Waals surface area contributed by atoms with Crippen molar-refractivity contribution in [3.8, 4) is 5.88 Å². The summed E-state index contributed by atoms with van der Waals surface area (Å²) in [7, 11) is 1.56. The summed E-state index contributed by atoms with van der Waals surface area (Å²) in [5.41, 5.74) is 1.16. The predicted octanol–water partition coefficient (Wildman–Crippen LogP) is 2.53. The molecule has 2 aromatic rings. The molecule has 0 aromatic carbocycles. The highest BCUT2D eigenvalue weighted by Crippen LogP contribution is 2.32. The highest BCUT2D eigenvalue weighted by molar-refractivity contribution is 5.93. The Labute approximate surface area is 130 Å². The molecule has 2 aromatic heterocycles. The standard InChI is InChI=1S/C16H22N4O2/c1-4-11(5-2)19(12-6-7-12)16(21)13-10-17-14-8-9-15(22-3)18-20(13)14/h8-12H,4-7H2,1-3H3. The van der Waals surface area contributed by atoms with Gasteiger partial charge in [0, 0.05) is 18.2 Å². The molecule has 3 rings (SSSR count). The van der Waals surface area contributed by atoms with E-state index in [4.69, 9.17) is 4.74 Å². The smallest absolute Gasteiger partial charge is 0.274 e. The number of hydrogen-bond acceptors (Lipinski definition) is 4. The predicted molar refractivity (Wildman–Crippen MR) is 83.1 cm³/mol. The van der Waals surface area contributed by atoms with Gasteiger partial charge < -0.3 is 9.64 Å². The van der Waals surface area contributed by atoms with Crippen LogP contribution < -0.4 is 4.74 Å². The van der Waals surface area contributed by atoms with E-state index in [-0.39, 0.29) is 11.9 Å². The quantitative estimate of drug-likeness (QED) is 0.822. The van der Waals surface area contributed by atoms with Crippen LogP contribution in [0, 0.1) is 0 Å². The number of imidazole rings is 1. The molecule has 118 valence electrons. The van der Waals surface area contributed by atoms with Crippen LogP contribution in [0.15, 0.2) is 18.3 Å². The molecule has 0 bridgehead atoms. The van der Waals surface area contributed by atoms with Gasteiger partial charge >= 0.3 is 0 Å². The van der Waals surface area contributed by atoms with Crippen LogP contribution in [0.3, 0.4) is 0 Å². The average Bonchev–Trinajstić information content (AvgIpc) is 3.29. The monoisotopic (exact) mass is 302 g/mol. The van der Waals surface area contributed by atoms with Crippen LogP contribution in [-0.2, 0) is 0 Å². The number of hydrogen-bond donors (Lipinski definition) is 0. The second-order valence-electron chi connectivity index (χ2n) is 5.70. The van der Waals surface area contributed by atoms with Gasteiger partial charge in [0.2, 0.25) is 5.88 Å². The Hall–Kier alpha value is -2.11. The lowest BCUT2D eigenvalue weighted by atomic mass is 10.1. The van der Waals surface area contributed by atoms with Gasteiger partial charge in [-0.15, -0.1) is 5.10 Å². The Morgan fingerprint density at radius 2 is 2.14 bits per heavy atom. The molecule has 22 heavy (non-hydrogen) atoms. The Morgan fingerprint density at radius 1 is 1.41 bits per heavy atom. The lowest BCUT2D eigenvalue weighted by Crippen LogP contribution is -2.42. The third-order valence-electron chi connectivity index (χ3n) is 4.28. The number of carbonyl (C=O) groups is 1. The van der Waals surface area contributed by atoms with E-state index in [9.17, 15) is 4.79 Å². The number of amides is 1. The van der Waals surface area contributed by atoms with Crippen LogP contribution in [0.1, 0.15) is 50.0 Å². The first-order chi connectivity index (χ1) is 10.7. The Morgan fingerprint density at radius 3 is 2.73 bits per heavy atom. The molecular formula is C16H22N4O2. The Balaban J connectivity index is 1.99. The van der Waals surface area contributed by atoms with Gasteiger partial charge in [-0.2, -0.15) is 0 Å². The van der Waals surface area contributed by atoms with E-state index in [0.717, 1.165) is 25.7 Å². The number of nitrogens with zero attached hydrogens (tertiary/aromatic N) is 4. The zero-order valence-electron chi connectivity index (χ0n) is 13.3. The maximum atomic E-state index is 13.0. The zero-order valence-corrected chi connectivity index (χ0v) is 13.3. The molecule has 0 atom stereocenters. The van der Waals surface area contributed by atoms with Gasteiger partial charge in [0.25, 0.3) is 5.91 Å². The molecule has 1 amide bonds. The summed E-state index contributed by atoms with van der Waals surface area (Å²) in [6.07, 6.45) is 5.73. The van der Waals surface area contributed by atoms with Gasteiger partial charge in [-0.05, 0) is 31.7 Å². The first-order valence-electron chi connectivity index (χ1n) is 7.91. The Kier molecular flexibility index (Phi) is 4.00. The topological polar surface area (TPSA) is 59.7 Å². The summed E-state index contributed by atoms with van der Waals surface area (Å²) in [6, 6.07) is 4.20. The summed E-state index contributed by atoms with van der Waals surface area (Å²) in [6.45, 7) is 4.26. The second-order valence-corrected chi connectivity index (χ2v) is 5.70. The number of ether oxygens (including phenoxy) is 1. The fraction of sp³-hybridized carbons (Fsp3) is 0.562. The molecule has 0 aliphatic heterocycles. The average molecular weight is 302 g/mol. The molecule has 2 heterocycles. The van der Waals surface area contributed by atoms with Crippen molar-refractivity contribution >= 4 is 11.6 Å². The second kappa shape index (κ2) is 5.94. The van der Waals surface area contributed by atoms with Crippen molar-refractivity contribution in [2.45, 2.75) is 51.6 Å². The van der Waals surface area contributed by atoms with E-state index in [0.29, 0.717) is 23.3 Å². The van der Waals surface area contributed by atoms with Crippen molar-refractivity contribution < 1.29 is 9.53 Å². The molecule has 0 radical (unpaired) electrons. The number of rotatable bonds is 6. The largest absolute Gasteiger partial charge is 0.480 e. The van der Waals surface area contributed by atoms with Gasteiger partial charge in [-0.3, -0.25) is 4.79 Å². The van der Waals surface area contributed by atoms with Gasteiger partial charge in [-0.1, -0.05) is 13.8 Å². The highest BCUT2D eigenvalue weighted by atomic mass is 16.5. The van der Waals surface area contributed by atoms with Crippen LogP contribution in [0.2, 0.25) is 0 Å². The van der Waals surface area contributed by atoms with E-state index in [1.165, 1.54) is 0 Å². The van der Waals surface area contributed by atoms with E-state index in [1.807, 2.05) is 4.90 Å². The van der Waals surface area contributed by atoms with E-state index in [2.05, 4.69) is 23.9 Å². The van der Waals surface area contributed by atoms with Crippen molar-refractivity contribution in [2.24, 2.45) is 0 Å². The third-order valence-corrected chi connectivity index (χ3v) is 4.28. The summed E-state index contributed by atoms with van der Waals surface area (Å²) >= 11 is 0. The molecule has 1 aliphatic rings. The minimum atomic E-state index is 0.0180. The maximum Gasteiger partial charge on any atom is 0.274 e. The normalized spacial score (nSPS) is 14.5. The molecule has 0 saturated heterocycles. The number of fused-ring (bicyclic) bond motifs is 1. The van der Waals surface area contributed by atoms with Gasteiger partial charge in [-0.25, -0.2) is 9.50 Å². The zero-order chi connectivity index (χ0) is 15.7. The lowest BCUT2D eigenvalue weighted by molar-refractivity contribution is 0.0640. The van der Waals surface area contributed by atoms with Crippen LogP contribution >= 0.6 is 0 Å². The van der Waals surface area contributed by atoms with Crippen molar-refractivity contribution in [2.75, 3.05) is 7.11 Å². The molecule has 0 unspecified atom stereocenters. The summed E-state index contributed by atoms with van der Waals surface area (Å²) in [5, 5.41) is 4.33. The van der Waals surface area contributed by atoms with Crippen LogP contribution in [0.5, 0.6) is 5.88 Å². The van der Waals surface area contributed by atoms with E-state index in [1.54, 1.807) is 30.0 Å². The highest BCUT2D eigenvalue weighted by Gasteiger charge is 2.37. The van der Waals surface area contributed by atoms with Crippen molar-refractivity contribution in [1.82, 2.24) is 19.5 Å². The van der Waals surface area contributed by atoms with Gasteiger partial charge in [0.05, 0.1) is 13.3 Å². The minimum absolute atomic E-state index is 0.0180. The van der Waals surface area contributed by atoms with Crippen molar-refractivity contribution in [3.05, 3.63) is 24.0 Å². The van der Waals surface area contributed by atoms with Crippen molar-refractivity contribution in [1.29, 1.82) is 0 Å². The number of aromatic nitrogens is 3. The summed E-state index contributed by atoms with van der Waals surface area (Å²) < 4.78 is 6.73. The summed E-state index contributed by atoms with van der Waals surface area (Å²) in [5.74, 6) is 0.490. The molecular weight excluding hydrogens is 280 g/mol. The molecule has 1 fully saturated rings. The third kappa shape index (κ3) is 2.53. The Bertz CT molecular complexity index is 674. The molecule has 0 spiro atoms. The number of methoxy groups -OCH3 is 1. The number of carbonyl (C=O) groups excluding carboxylic acids is 1. The fourth-order valence-corrected chi connectivity index (χ4v) is 2.91. The van der Waals surface area contributed by atoms with Crippen LogP contribution in [-0.4, -0.2) is 44.6 Å². The first kappa shape index (κ1) is 14.8. The molecule has 1 saturated carbocycles. The van der Waals surface area contributed by atoms with Gasteiger partial charge in [0.1, 0.15) is 0 Å². The lowest BCUT2D eigenvalue weighted by Gasteiger charge is -2.30. The molecule has 1 aliphatic carbocycles. The van der Waals surface area contributed by atoms with Crippen molar-refractivity contribution in [3.63, 3.8) is 0 Å².